The minimum atomic E-state index is -0.00588. The Morgan fingerprint density at radius 3 is 2.61 bits per heavy atom. The van der Waals surface area contributed by atoms with Gasteiger partial charge < -0.3 is 19.5 Å². The Morgan fingerprint density at radius 2 is 1.87 bits per heavy atom. The van der Waals surface area contributed by atoms with Crippen LogP contribution in [0.1, 0.15) is 33.1 Å². The Hall–Kier alpha value is -1.49. The van der Waals surface area contributed by atoms with Crippen LogP contribution in [0.25, 0.3) is 0 Å². The number of anilines is 2. The number of aromatic amines is 1. The van der Waals surface area contributed by atoms with Crippen molar-refractivity contribution < 1.29 is 4.74 Å². The first-order valence-corrected chi connectivity index (χ1v) is 8.95. The van der Waals surface area contributed by atoms with Gasteiger partial charge in [0, 0.05) is 44.0 Å². The molecule has 0 spiro atoms. The van der Waals surface area contributed by atoms with Crippen LogP contribution in [0.15, 0.2) is 16.9 Å². The molecule has 0 unspecified atom stereocenters. The van der Waals surface area contributed by atoms with E-state index in [4.69, 9.17) is 4.74 Å². The molecular weight excluding hydrogens is 290 g/mol. The quantitative estimate of drug-likeness (QED) is 0.930. The lowest BCUT2D eigenvalue weighted by Gasteiger charge is -2.30. The molecular formula is C18H29N3O2. The van der Waals surface area contributed by atoms with Gasteiger partial charge in [0.15, 0.2) is 0 Å². The molecule has 3 rings (SSSR count). The molecule has 1 aromatic heterocycles. The maximum atomic E-state index is 12.1. The number of nitrogens with one attached hydrogen (secondary N) is 1. The Balaban J connectivity index is 1.76. The molecule has 1 atom stereocenters. The Bertz CT molecular complexity index is 564. The fourth-order valence-corrected chi connectivity index (χ4v) is 3.72. The van der Waals surface area contributed by atoms with Crippen LogP contribution < -0.4 is 15.4 Å². The molecule has 5 heteroatoms. The third-order valence-corrected chi connectivity index (χ3v) is 5.25. The van der Waals surface area contributed by atoms with E-state index in [0.29, 0.717) is 0 Å². The third kappa shape index (κ3) is 4.08. The molecule has 0 aromatic carbocycles. The van der Waals surface area contributed by atoms with Gasteiger partial charge in [0.2, 0.25) is 0 Å². The van der Waals surface area contributed by atoms with E-state index in [-0.39, 0.29) is 5.56 Å². The second kappa shape index (κ2) is 7.39. The number of morpholine rings is 1. The monoisotopic (exact) mass is 319 g/mol. The summed E-state index contributed by atoms with van der Waals surface area (Å²) in [6.45, 7) is 9.90. The number of pyridine rings is 1. The second-order valence-corrected chi connectivity index (χ2v) is 7.11. The van der Waals surface area contributed by atoms with Crippen molar-refractivity contribution in [3.05, 3.63) is 22.5 Å². The van der Waals surface area contributed by atoms with Gasteiger partial charge in [-0.15, -0.1) is 0 Å². The summed E-state index contributed by atoms with van der Waals surface area (Å²) in [5, 5.41) is 0. The highest BCUT2D eigenvalue weighted by atomic mass is 16.5. The van der Waals surface area contributed by atoms with Crippen molar-refractivity contribution in [1.82, 2.24) is 4.98 Å². The van der Waals surface area contributed by atoms with Gasteiger partial charge >= 0.3 is 0 Å². The lowest BCUT2D eigenvalue weighted by Crippen LogP contribution is -2.37. The summed E-state index contributed by atoms with van der Waals surface area (Å²) in [7, 11) is 0. The number of nitrogens with zero attached hydrogens (tertiary/aromatic N) is 2. The van der Waals surface area contributed by atoms with E-state index in [9.17, 15) is 4.79 Å². The molecule has 2 aliphatic rings. The fourth-order valence-electron chi connectivity index (χ4n) is 3.72. The Kier molecular flexibility index (Phi) is 5.26. The molecule has 2 saturated heterocycles. The maximum absolute atomic E-state index is 12.1. The van der Waals surface area contributed by atoms with Gasteiger partial charge in [-0.1, -0.05) is 13.8 Å². The second-order valence-electron chi connectivity index (χ2n) is 7.11. The van der Waals surface area contributed by atoms with Crippen molar-refractivity contribution in [2.24, 2.45) is 11.8 Å². The van der Waals surface area contributed by atoms with Crippen molar-refractivity contribution in [2.45, 2.75) is 33.1 Å². The third-order valence-electron chi connectivity index (χ3n) is 5.25. The maximum Gasteiger partial charge on any atom is 0.251 e. The fraction of sp³-hybridized carbons (Fsp3) is 0.722. The van der Waals surface area contributed by atoms with Crippen molar-refractivity contribution >= 4 is 11.5 Å². The zero-order valence-electron chi connectivity index (χ0n) is 14.4. The van der Waals surface area contributed by atoms with E-state index in [1.807, 2.05) is 0 Å². The molecule has 0 aliphatic carbocycles. The molecule has 0 radical (unpaired) electrons. The Morgan fingerprint density at radius 1 is 1.09 bits per heavy atom. The summed E-state index contributed by atoms with van der Waals surface area (Å²) in [5.74, 6) is 2.52. The van der Waals surface area contributed by atoms with Crippen LogP contribution in [-0.2, 0) is 4.74 Å². The molecule has 5 nitrogen and oxygen atoms in total. The van der Waals surface area contributed by atoms with E-state index in [0.717, 1.165) is 62.7 Å². The molecule has 0 amide bonds. The molecule has 0 saturated carbocycles. The van der Waals surface area contributed by atoms with Crippen LogP contribution in [0, 0.1) is 11.8 Å². The number of hydrogen-bond donors (Lipinski definition) is 1. The average molecular weight is 319 g/mol. The molecule has 128 valence electrons. The standard InChI is InChI=1S/C18H29N3O2/c1-14(2)15-4-3-6-21(7-5-15)17-12-16(13-18(22)19-17)20-8-10-23-11-9-20/h12-15H,3-11H2,1-2H3,(H,19,22)/t15-/m0/s1. The summed E-state index contributed by atoms with van der Waals surface area (Å²) in [6, 6.07) is 3.85. The predicted molar refractivity (Wildman–Crippen MR) is 94.5 cm³/mol. The van der Waals surface area contributed by atoms with Gasteiger partial charge in [0.25, 0.3) is 5.56 Å². The largest absolute Gasteiger partial charge is 0.378 e. The van der Waals surface area contributed by atoms with Crippen molar-refractivity contribution in [2.75, 3.05) is 49.2 Å². The molecule has 2 fully saturated rings. The minimum absolute atomic E-state index is 0.00588. The predicted octanol–water partition coefficient (Wildman–Crippen LogP) is 2.47. The molecule has 3 heterocycles. The van der Waals surface area contributed by atoms with E-state index >= 15 is 0 Å². The lowest BCUT2D eigenvalue weighted by molar-refractivity contribution is 0.122. The van der Waals surface area contributed by atoms with E-state index < -0.39 is 0 Å². The van der Waals surface area contributed by atoms with Gasteiger partial charge in [0.1, 0.15) is 5.82 Å². The zero-order chi connectivity index (χ0) is 16.2. The van der Waals surface area contributed by atoms with Crippen LogP contribution in [-0.4, -0.2) is 44.4 Å². The number of aromatic nitrogens is 1. The van der Waals surface area contributed by atoms with Crippen LogP contribution in [0.5, 0.6) is 0 Å². The van der Waals surface area contributed by atoms with Gasteiger partial charge in [-0.25, -0.2) is 0 Å². The smallest absolute Gasteiger partial charge is 0.251 e. The van der Waals surface area contributed by atoms with E-state index in [1.165, 1.54) is 19.3 Å². The zero-order valence-corrected chi connectivity index (χ0v) is 14.4. The van der Waals surface area contributed by atoms with E-state index in [1.54, 1.807) is 6.07 Å². The molecule has 1 N–H and O–H groups in total. The summed E-state index contributed by atoms with van der Waals surface area (Å²) in [6.07, 6.45) is 3.70. The highest BCUT2D eigenvalue weighted by Gasteiger charge is 2.21. The number of H-pyrrole nitrogens is 1. The topological polar surface area (TPSA) is 48.6 Å². The van der Waals surface area contributed by atoms with Crippen molar-refractivity contribution in [1.29, 1.82) is 0 Å². The lowest BCUT2D eigenvalue weighted by atomic mass is 9.89. The van der Waals surface area contributed by atoms with Crippen molar-refractivity contribution in [3.63, 3.8) is 0 Å². The summed E-state index contributed by atoms with van der Waals surface area (Å²) in [4.78, 5) is 19.8. The first-order valence-electron chi connectivity index (χ1n) is 8.95. The Labute approximate surface area is 138 Å². The SMILES string of the molecule is CC(C)[C@H]1CCCN(c2cc(N3CCOCC3)cc(=O)[nH]2)CC1. The first-order chi connectivity index (χ1) is 11.1. The van der Waals surface area contributed by atoms with Gasteiger partial charge in [-0.2, -0.15) is 0 Å². The summed E-state index contributed by atoms with van der Waals surface area (Å²) in [5.41, 5.74) is 1.02. The minimum Gasteiger partial charge on any atom is -0.378 e. The van der Waals surface area contributed by atoms with Crippen LogP contribution in [0.3, 0.4) is 0 Å². The van der Waals surface area contributed by atoms with Crippen molar-refractivity contribution in [3.8, 4) is 0 Å². The highest BCUT2D eigenvalue weighted by Crippen LogP contribution is 2.27. The first kappa shape index (κ1) is 16.4. The molecule has 1 aromatic rings. The average Bonchev–Trinajstić information content (AvgIpc) is 2.81. The summed E-state index contributed by atoms with van der Waals surface area (Å²) >= 11 is 0. The van der Waals surface area contributed by atoms with Crippen LogP contribution in [0.4, 0.5) is 11.5 Å². The number of rotatable bonds is 3. The van der Waals surface area contributed by atoms with Gasteiger partial charge in [-0.3, -0.25) is 4.79 Å². The van der Waals surface area contributed by atoms with Crippen LogP contribution >= 0.6 is 0 Å². The molecule has 0 bridgehead atoms. The van der Waals surface area contributed by atoms with E-state index in [2.05, 4.69) is 34.7 Å². The highest BCUT2D eigenvalue weighted by molar-refractivity contribution is 5.55. The summed E-state index contributed by atoms with van der Waals surface area (Å²) < 4.78 is 5.41. The van der Waals surface area contributed by atoms with Gasteiger partial charge in [0.05, 0.1) is 13.2 Å². The van der Waals surface area contributed by atoms with Crippen LogP contribution in [0.2, 0.25) is 0 Å². The number of ether oxygens (including phenoxy) is 1. The molecule has 2 aliphatic heterocycles. The molecule has 23 heavy (non-hydrogen) atoms. The normalized spacial score (nSPS) is 23.2. The number of hydrogen-bond acceptors (Lipinski definition) is 4. The van der Waals surface area contributed by atoms with Gasteiger partial charge in [-0.05, 0) is 31.1 Å².